The summed E-state index contributed by atoms with van der Waals surface area (Å²) in [5, 5.41) is 2.97. The average molecular weight is 343 g/mol. The minimum absolute atomic E-state index is 0.0383. The predicted octanol–water partition coefficient (Wildman–Crippen LogP) is 3.30. The zero-order valence-electron chi connectivity index (χ0n) is 13.5. The molecule has 1 heterocycles. The molecule has 1 aliphatic heterocycles. The number of ether oxygens (including phenoxy) is 2. The number of carbonyl (C=O) groups excluding carboxylic acids is 1. The normalized spacial score (nSPS) is 12.7. The number of benzene rings is 2. The number of hydrogen-bond acceptors (Lipinski definition) is 4. The van der Waals surface area contributed by atoms with Gasteiger partial charge in [-0.1, -0.05) is 24.3 Å². The molecule has 0 fully saturated rings. The van der Waals surface area contributed by atoms with Crippen molar-refractivity contribution >= 4 is 17.7 Å². The Morgan fingerprint density at radius 3 is 2.67 bits per heavy atom. The van der Waals surface area contributed by atoms with E-state index in [1.54, 1.807) is 0 Å². The lowest BCUT2D eigenvalue weighted by atomic mass is 10.1. The maximum atomic E-state index is 12.0. The van der Waals surface area contributed by atoms with Gasteiger partial charge in [-0.2, -0.15) is 0 Å². The van der Waals surface area contributed by atoms with Crippen LogP contribution in [0.3, 0.4) is 0 Å². The van der Waals surface area contributed by atoms with E-state index in [2.05, 4.69) is 17.4 Å². The molecule has 24 heavy (non-hydrogen) atoms. The summed E-state index contributed by atoms with van der Waals surface area (Å²) in [4.78, 5) is 13.3. The Morgan fingerprint density at radius 2 is 1.83 bits per heavy atom. The van der Waals surface area contributed by atoms with Crippen molar-refractivity contribution in [3.63, 3.8) is 0 Å². The molecule has 2 aromatic rings. The molecule has 5 heteroatoms. The molecular weight excluding hydrogens is 322 g/mol. The molecule has 0 aliphatic carbocycles. The predicted molar refractivity (Wildman–Crippen MR) is 95.9 cm³/mol. The van der Waals surface area contributed by atoms with E-state index >= 15 is 0 Å². The third-order valence-corrected chi connectivity index (χ3v) is 4.72. The summed E-state index contributed by atoms with van der Waals surface area (Å²) in [5.41, 5.74) is 0.940. The number of carbonyl (C=O) groups is 1. The second-order valence-corrected chi connectivity index (χ2v) is 6.69. The van der Waals surface area contributed by atoms with E-state index in [1.807, 2.05) is 48.2 Å². The quantitative estimate of drug-likeness (QED) is 0.619. The SMILES string of the molecule is O=C(Cc1ccc2c(c1)OCCO2)NCCCSc1ccccc1. The lowest BCUT2D eigenvalue weighted by molar-refractivity contribution is -0.120. The van der Waals surface area contributed by atoms with Gasteiger partial charge in [0.05, 0.1) is 6.42 Å². The highest BCUT2D eigenvalue weighted by molar-refractivity contribution is 7.99. The Kier molecular flexibility index (Phi) is 6.01. The summed E-state index contributed by atoms with van der Waals surface area (Å²) in [5.74, 6) is 2.51. The fourth-order valence-electron chi connectivity index (χ4n) is 2.45. The van der Waals surface area contributed by atoms with Crippen LogP contribution in [-0.2, 0) is 11.2 Å². The van der Waals surface area contributed by atoms with Gasteiger partial charge in [0.2, 0.25) is 5.91 Å². The van der Waals surface area contributed by atoms with Crippen LogP contribution in [0.1, 0.15) is 12.0 Å². The van der Waals surface area contributed by atoms with Gasteiger partial charge in [0.25, 0.3) is 0 Å². The number of fused-ring (bicyclic) bond motifs is 1. The highest BCUT2D eigenvalue weighted by Crippen LogP contribution is 2.30. The second-order valence-electron chi connectivity index (χ2n) is 5.52. The third-order valence-electron chi connectivity index (χ3n) is 3.63. The van der Waals surface area contributed by atoms with E-state index in [0.717, 1.165) is 29.2 Å². The molecule has 126 valence electrons. The third kappa shape index (κ3) is 4.93. The summed E-state index contributed by atoms with van der Waals surface area (Å²) >= 11 is 1.81. The van der Waals surface area contributed by atoms with Crippen molar-refractivity contribution < 1.29 is 14.3 Å². The van der Waals surface area contributed by atoms with Crippen LogP contribution in [0.25, 0.3) is 0 Å². The monoisotopic (exact) mass is 343 g/mol. The van der Waals surface area contributed by atoms with Gasteiger partial charge in [-0.15, -0.1) is 11.8 Å². The fraction of sp³-hybridized carbons (Fsp3) is 0.316. The Bertz CT molecular complexity index is 676. The first-order valence-electron chi connectivity index (χ1n) is 8.14. The van der Waals surface area contributed by atoms with Crippen LogP contribution in [0, 0.1) is 0 Å². The molecule has 0 atom stereocenters. The number of amides is 1. The minimum atomic E-state index is 0.0383. The highest BCUT2D eigenvalue weighted by Gasteiger charge is 2.12. The van der Waals surface area contributed by atoms with Crippen LogP contribution in [0.5, 0.6) is 11.5 Å². The van der Waals surface area contributed by atoms with Crippen LogP contribution in [0.15, 0.2) is 53.4 Å². The molecule has 1 N–H and O–H groups in total. The van der Waals surface area contributed by atoms with Crippen LogP contribution < -0.4 is 14.8 Å². The molecule has 0 saturated carbocycles. The van der Waals surface area contributed by atoms with E-state index in [0.29, 0.717) is 26.2 Å². The zero-order valence-corrected chi connectivity index (χ0v) is 14.3. The molecule has 1 aliphatic rings. The Labute approximate surface area is 146 Å². The molecule has 0 radical (unpaired) electrons. The van der Waals surface area contributed by atoms with Crippen molar-refractivity contribution in [1.29, 1.82) is 0 Å². The van der Waals surface area contributed by atoms with Crippen molar-refractivity contribution in [2.45, 2.75) is 17.7 Å². The summed E-state index contributed by atoms with van der Waals surface area (Å²) in [6.45, 7) is 1.83. The van der Waals surface area contributed by atoms with Gasteiger partial charge in [0, 0.05) is 11.4 Å². The highest BCUT2D eigenvalue weighted by atomic mass is 32.2. The maximum absolute atomic E-state index is 12.0. The van der Waals surface area contributed by atoms with Crippen LogP contribution in [0.4, 0.5) is 0 Å². The van der Waals surface area contributed by atoms with Crippen LogP contribution in [-0.4, -0.2) is 31.4 Å². The Balaban J connectivity index is 1.37. The van der Waals surface area contributed by atoms with Crippen molar-refractivity contribution in [2.24, 2.45) is 0 Å². The van der Waals surface area contributed by atoms with Crippen molar-refractivity contribution in [3.8, 4) is 11.5 Å². The van der Waals surface area contributed by atoms with E-state index < -0.39 is 0 Å². The van der Waals surface area contributed by atoms with Gasteiger partial charge in [-0.05, 0) is 42.0 Å². The minimum Gasteiger partial charge on any atom is -0.486 e. The molecular formula is C19H21NO3S. The lowest BCUT2D eigenvalue weighted by Crippen LogP contribution is -2.26. The number of thioether (sulfide) groups is 1. The van der Waals surface area contributed by atoms with E-state index in [1.165, 1.54) is 4.90 Å². The van der Waals surface area contributed by atoms with E-state index in [4.69, 9.17) is 9.47 Å². The molecule has 3 rings (SSSR count). The van der Waals surface area contributed by atoms with Crippen molar-refractivity contribution in [1.82, 2.24) is 5.32 Å². The molecule has 0 unspecified atom stereocenters. The number of nitrogens with one attached hydrogen (secondary N) is 1. The molecule has 0 aromatic heterocycles. The summed E-state index contributed by atoms with van der Waals surface area (Å²) in [7, 11) is 0. The molecule has 4 nitrogen and oxygen atoms in total. The van der Waals surface area contributed by atoms with Gasteiger partial charge in [0.15, 0.2) is 11.5 Å². The molecule has 0 spiro atoms. The number of rotatable bonds is 7. The lowest BCUT2D eigenvalue weighted by Gasteiger charge is -2.18. The smallest absolute Gasteiger partial charge is 0.224 e. The first-order valence-corrected chi connectivity index (χ1v) is 9.13. The van der Waals surface area contributed by atoms with Gasteiger partial charge >= 0.3 is 0 Å². The van der Waals surface area contributed by atoms with Crippen LogP contribution in [0.2, 0.25) is 0 Å². The summed E-state index contributed by atoms with van der Waals surface area (Å²) in [6, 6.07) is 16.0. The van der Waals surface area contributed by atoms with Gasteiger partial charge in [0.1, 0.15) is 13.2 Å². The molecule has 2 aromatic carbocycles. The largest absolute Gasteiger partial charge is 0.486 e. The van der Waals surface area contributed by atoms with Gasteiger partial charge < -0.3 is 14.8 Å². The maximum Gasteiger partial charge on any atom is 0.224 e. The van der Waals surface area contributed by atoms with Crippen LogP contribution >= 0.6 is 11.8 Å². The molecule has 0 bridgehead atoms. The standard InChI is InChI=1S/C19H21NO3S/c21-19(20-9-4-12-24-16-5-2-1-3-6-16)14-15-7-8-17-18(13-15)23-11-10-22-17/h1-3,5-8,13H,4,9-12,14H2,(H,20,21). The summed E-state index contributed by atoms with van der Waals surface area (Å²) in [6.07, 6.45) is 1.31. The van der Waals surface area contributed by atoms with Gasteiger partial charge in [-0.25, -0.2) is 0 Å². The van der Waals surface area contributed by atoms with E-state index in [-0.39, 0.29) is 5.91 Å². The average Bonchev–Trinajstić information content (AvgIpc) is 2.62. The number of hydrogen-bond donors (Lipinski definition) is 1. The Morgan fingerprint density at radius 1 is 1.04 bits per heavy atom. The van der Waals surface area contributed by atoms with Crippen molar-refractivity contribution in [3.05, 3.63) is 54.1 Å². The first kappa shape index (κ1) is 16.7. The van der Waals surface area contributed by atoms with E-state index in [9.17, 15) is 4.79 Å². The molecule has 1 amide bonds. The van der Waals surface area contributed by atoms with Crippen molar-refractivity contribution in [2.75, 3.05) is 25.5 Å². The Hall–Kier alpha value is -2.14. The second kappa shape index (κ2) is 8.64. The summed E-state index contributed by atoms with van der Waals surface area (Å²) < 4.78 is 11.0. The van der Waals surface area contributed by atoms with Gasteiger partial charge in [-0.3, -0.25) is 4.79 Å². The topological polar surface area (TPSA) is 47.6 Å². The molecule has 0 saturated heterocycles. The zero-order chi connectivity index (χ0) is 16.6. The first-order chi connectivity index (χ1) is 11.8. The fourth-order valence-corrected chi connectivity index (χ4v) is 3.33.